The number of benzene rings is 1. The Balaban J connectivity index is 2.81. The Bertz CT molecular complexity index is 389. The number of carbonyl (C=O) groups excluding carboxylic acids is 1. The van der Waals surface area contributed by atoms with E-state index in [4.69, 9.17) is 5.73 Å². The van der Waals surface area contributed by atoms with Crippen LogP contribution in [-0.4, -0.2) is 23.4 Å². The van der Waals surface area contributed by atoms with Crippen molar-refractivity contribution in [3.63, 3.8) is 0 Å². The number of hydrogen-bond donors (Lipinski definition) is 2. The number of aliphatic hydroxyl groups excluding tert-OH is 1. The van der Waals surface area contributed by atoms with E-state index in [1.165, 1.54) is 6.92 Å². The highest BCUT2D eigenvalue weighted by atomic mass is 19.1. The van der Waals surface area contributed by atoms with Crippen LogP contribution >= 0.6 is 0 Å². The zero-order valence-electron chi connectivity index (χ0n) is 9.19. The van der Waals surface area contributed by atoms with Crippen molar-refractivity contribution in [3.05, 3.63) is 35.4 Å². The highest BCUT2D eigenvalue weighted by molar-refractivity contribution is 5.64. The van der Waals surface area contributed by atoms with E-state index in [9.17, 15) is 18.7 Å². The summed E-state index contributed by atoms with van der Waals surface area (Å²) in [6.45, 7) is 1.39. The molecule has 0 aliphatic carbocycles. The number of rotatable bonds is 4. The van der Waals surface area contributed by atoms with Crippen molar-refractivity contribution in [2.75, 3.05) is 0 Å². The number of nitrogens with two attached hydrogens (primary N) is 1. The smallest absolute Gasteiger partial charge is 0.404 e. The number of amides is 1. The number of halogens is 2. The predicted octanol–water partition coefficient (Wildman–Crippen LogP) is 1.35. The molecule has 4 nitrogen and oxygen atoms in total. The van der Waals surface area contributed by atoms with Crippen molar-refractivity contribution in [1.29, 1.82) is 0 Å². The van der Waals surface area contributed by atoms with Crippen LogP contribution in [0.3, 0.4) is 0 Å². The van der Waals surface area contributed by atoms with Crippen LogP contribution in [0.1, 0.15) is 12.5 Å². The number of carbonyl (C=O) groups is 1. The van der Waals surface area contributed by atoms with Crippen molar-refractivity contribution in [2.24, 2.45) is 5.73 Å². The quantitative estimate of drug-likeness (QED) is 0.841. The molecule has 1 aromatic rings. The molecular weight excluding hydrogens is 232 g/mol. The molecule has 0 aliphatic rings. The third-order valence-electron chi connectivity index (χ3n) is 2.16. The van der Waals surface area contributed by atoms with Crippen molar-refractivity contribution in [1.82, 2.24) is 0 Å². The normalized spacial score (nSPS) is 14.1. The van der Waals surface area contributed by atoms with E-state index in [-0.39, 0.29) is 12.0 Å². The van der Waals surface area contributed by atoms with Crippen molar-refractivity contribution < 1.29 is 23.4 Å². The van der Waals surface area contributed by atoms with Crippen LogP contribution in [-0.2, 0) is 11.2 Å². The largest absolute Gasteiger partial charge is 0.443 e. The van der Waals surface area contributed by atoms with Gasteiger partial charge in [-0.05, 0) is 24.6 Å². The van der Waals surface area contributed by atoms with Crippen LogP contribution in [0.15, 0.2) is 18.2 Å². The summed E-state index contributed by atoms with van der Waals surface area (Å²) in [6.07, 6.45) is -3.00. The summed E-state index contributed by atoms with van der Waals surface area (Å²) < 4.78 is 30.5. The van der Waals surface area contributed by atoms with Crippen molar-refractivity contribution in [3.8, 4) is 0 Å². The second-order valence-corrected chi connectivity index (χ2v) is 3.70. The zero-order chi connectivity index (χ0) is 13.0. The highest BCUT2D eigenvalue weighted by Gasteiger charge is 2.19. The van der Waals surface area contributed by atoms with Crippen LogP contribution in [0.4, 0.5) is 13.6 Å². The standard InChI is InChI=1S/C11H13F2NO3/c1-6(15)10(17-11(14)16)4-7-2-8(12)5-9(13)3-7/h2-3,5-6,10,15H,4H2,1H3,(H2,14,16). The average molecular weight is 245 g/mol. The maximum absolute atomic E-state index is 12.9. The molecule has 1 rings (SSSR count). The summed E-state index contributed by atoms with van der Waals surface area (Å²) in [5.41, 5.74) is 5.10. The lowest BCUT2D eigenvalue weighted by molar-refractivity contribution is 0.0163. The van der Waals surface area contributed by atoms with Gasteiger partial charge in [-0.2, -0.15) is 0 Å². The van der Waals surface area contributed by atoms with Gasteiger partial charge in [-0.25, -0.2) is 13.6 Å². The predicted molar refractivity (Wildman–Crippen MR) is 56.2 cm³/mol. The minimum absolute atomic E-state index is 0.0186. The lowest BCUT2D eigenvalue weighted by Gasteiger charge is -2.19. The molecule has 3 N–H and O–H groups in total. The molecule has 0 saturated carbocycles. The van der Waals surface area contributed by atoms with Crippen LogP contribution in [0.25, 0.3) is 0 Å². The van der Waals surface area contributed by atoms with Gasteiger partial charge in [-0.3, -0.25) is 0 Å². The molecule has 2 unspecified atom stereocenters. The summed E-state index contributed by atoms with van der Waals surface area (Å²) in [6, 6.07) is 2.93. The van der Waals surface area contributed by atoms with E-state index in [0.29, 0.717) is 0 Å². The van der Waals surface area contributed by atoms with Gasteiger partial charge in [0.15, 0.2) is 0 Å². The minimum atomic E-state index is -1.05. The Morgan fingerprint density at radius 1 is 1.41 bits per heavy atom. The summed E-state index contributed by atoms with van der Waals surface area (Å²) >= 11 is 0. The second kappa shape index (κ2) is 5.58. The summed E-state index contributed by atoms with van der Waals surface area (Å²) in [5.74, 6) is -1.47. The molecule has 6 heteroatoms. The Morgan fingerprint density at radius 2 is 1.94 bits per heavy atom. The fraction of sp³-hybridized carbons (Fsp3) is 0.364. The van der Waals surface area contributed by atoms with Crippen LogP contribution in [0.5, 0.6) is 0 Å². The van der Waals surface area contributed by atoms with Gasteiger partial charge in [0.1, 0.15) is 17.7 Å². The molecule has 0 heterocycles. The van der Waals surface area contributed by atoms with Gasteiger partial charge in [0.25, 0.3) is 0 Å². The topological polar surface area (TPSA) is 72.6 Å². The van der Waals surface area contributed by atoms with Gasteiger partial charge in [0, 0.05) is 12.5 Å². The monoisotopic (exact) mass is 245 g/mol. The third-order valence-corrected chi connectivity index (χ3v) is 2.16. The number of primary amides is 1. The minimum Gasteiger partial charge on any atom is -0.443 e. The van der Waals surface area contributed by atoms with E-state index >= 15 is 0 Å². The molecule has 0 bridgehead atoms. The van der Waals surface area contributed by atoms with Gasteiger partial charge < -0.3 is 15.6 Å². The van der Waals surface area contributed by atoms with Crippen LogP contribution in [0.2, 0.25) is 0 Å². The molecule has 0 radical (unpaired) electrons. The lowest BCUT2D eigenvalue weighted by Crippen LogP contribution is -2.33. The average Bonchev–Trinajstić information content (AvgIpc) is 2.13. The zero-order valence-corrected chi connectivity index (χ0v) is 9.19. The van der Waals surface area contributed by atoms with Gasteiger partial charge in [-0.1, -0.05) is 0 Å². The first kappa shape index (κ1) is 13.4. The van der Waals surface area contributed by atoms with Crippen LogP contribution < -0.4 is 5.73 Å². The molecule has 1 aromatic carbocycles. The second-order valence-electron chi connectivity index (χ2n) is 3.70. The molecule has 17 heavy (non-hydrogen) atoms. The van der Waals surface area contributed by atoms with E-state index in [2.05, 4.69) is 4.74 Å². The van der Waals surface area contributed by atoms with E-state index < -0.39 is 29.9 Å². The molecule has 0 spiro atoms. The van der Waals surface area contributed by atoms with E-state index in [1.54, 1.807) is 0 Å². The van der Waals surface area contributed by atoms with Gasteiger partial charge in [0.05, 0.1) is 6.10 Å². The van der Waals surface area contributed by atoms with Crippen molar-refractivity contribution >= 4 is 6.09 Å². The fourth-order valence-electron chi connectivity index (χ4n) is 1.42. The van der Waals surface area contributed by atoms with E-state index in [0.717, 1.165) is 18.2 Å². The molecule has 0 saturated heterocycles. The van der Waals surface area contributed by atoms with Crippen molar-refractivity contribution in [2.45, 2.75) is 25.6 Å². The van der Waals surface area contributed by atoms with Gasteiger partial charge in [-0.15, -0.1) is 0 Å². The number of hydrogen-bond acceptors (Lipinski definition) is 3. The summed E-state index contributed by atoms with van der Waals surface area (Å²) in [7, 11) is 0. The Kier molecular flexibility index (Phi) is 4.39. The molecule has 0 fully saturated rings. The molecule has 0 aromatic heterocycles. The first-order valence-corrected chi connectivity index (χ1v) is 4.97. The summed E-state index contributed by atoms with van der Waals surface area (Å²) in [5, 5.41) is 9.34. The highest BCUT2D eigenvalue weighted by Crippen LogP contribution is 2.13. The molecule has 0 aliphatic heterocycles. The number of ether oxygens (including phenoxy) is 1. The molecular formula is C11H13F2NO3. The maximum Gasteiger partial charge on any atom is 0.404 e. The lowest BCUT2D eigenvalue weighted by atomic mass is 10.0. The Hall–Kier alpha value is -1.69. The maximum atomic E-state index is 12.9. The molecule has 1 amide bonds. The van der Waals surface area contributed by atoms with Crippen LogP contribution in [0, 0.1) is 11.6 Å². The van der Waals surface area contributed by atoms with Gasteiger partial charge >= 0.3 is 6.09 Å². The molecule has 2 atom stereocenters. The number of aliphatic hydroxyl groups is 1. The van der Waals surface area contributed by atoms with E-state index in [1.807, 2.05) is 0 Å². The first-order valence-electron chi connectivity index (χ1n) is 4.97. The molecule has 94 valence electrons. The third kappa shape index (κ3) is 4.36. The van der Waals surface area contributed by atoms with Gasteiger partial charge in [0.2, 0.25) is 0 Å². The Morgan fingerprint density at radius 3 is 2.35 bits per heavy atom. The summed E-state index contributed by atoms with van der Waals surface area (Å²) in [4.78, 5) is 10.6. The first-order chi connectivity index (χ1) is 7.88. The SMILES string of the molecule is CC(O)C(Cc1cc(F)cc(F)c1)OC(N)=O. The fourth-order valence-corrected chi connectivity index (χ4v) is 1.42. The Labute approximate surface area is 97.0 Å².